The average Bonchev–Trinajstić information content (AvgIpc) is 2.64. The van der Waals surface area contributed by atoms with Crippen molar-refractivity contribution >= 4 is 0 Å². The molecule has 1 aromatic rings. The van der Waals surface area contributed by atoms with E-state index in [2.05, 4.69) is 23.8 Å². The van der Waals surface area contributed by atoms with E-state index in [4.69, 9.17) is 5.73 Å². The summed E-state index contributed by atoms with van der Waals surface area (Å²) in [7, 11) is 0. The molecule has 4 unspecified atom stereocenters. The van der Waals surface area contributed by atoms with E-state index >= 15 is 0 Å². The highest BCUT2D eigenvalue weighted by atomic mass is 16.3. The summed E-state index contributed by atoms with van der Waals surface area (Å²) in [6, 6.07) is 1.81. The van der Waals surface area contributed by atoms with Gasteiger partial charge in [-0.2, -0.15) is 0 Å². The number of nitrogens with zero attached hydrogens (tertiary/aromatic N) is 2. The fraction of sp³-hybridized carbons (Fsp3) is 0.714. The molecular weight excluding hydrogens is 242 g/mol. The Labute approximate surface area is 113 Å². The van der Waals surface area contributed by atoms with Gasteiger partial charge in [-0.3, -0.25) is 0 Å². The van der Waals surface area contributed by atoms with E-state index in [0.717, 1.165) is 11.5 Å². The van der Waals surface area contributed by atoms with Crippen molar-refractivity contribution in [3.8, 4) is 0 Å². The standard InChI is InChI=1S/C14H23N3O2/c1-8(2)14-16-4-3-9(17-14)5-10-11(7-18)13(19)6-12(10)15/h3-4,8,10-13,18-19H,5-7,15H2,1-2H3. The molecule has 0 aromatic carbocycles. The van der Waals surface area contributed by atoms with Crippen LogP contribution in [0.1, 0.15) is 37.7 Å². The van der Waals surface area contributed by atoms with Crippen molar-refractivity contribution in [2.24, 2.45) is 17.6 Å². The fourth-order valence-electron chi connectivity index (χ4n) is 2.84. The second-order valence-corrected chi connectivity index (χ2v) is 5.74. The summed E-state index contributed by atoms with van der Waals surface area (Å²) in [4.78, 5) is 8.78. The van der Waals surface area contributed by atoms with Gasteiger partial charge in [-0.15, -0.1) is 0 Å². The first-order chi connectivity index (χ1) is 9.02. The van der Waals surface area contributed by atoms with Gasteiger partial charge in [0, 0.05) is 36.4 Å². The Bertz CT molecular complexity index is 425. The Morgan fingerprint density at radius 3 is 2.79 bits per heavy atom. The fourth-order valence-corrected chi connectivity index (χ4v) is 2.84. The third-order valence-corrected chi connectivity index (χ3v) is 4.01. The van der Waals surface area contributed by atoms with Gasteiger partial charge in [0.05, 0.1) is 6.10 Å². The normalized spacial score (nSPS) is 31.1. The first-order valence-electron chi connectivity index (χ1n) is 6.89. The van der Waals surface area contributed by atoms with Crippen molar-refractivity contribution in [1.29, 1.82) is 0 Å². The van der Waals surface area contributed by atoms with E-state index < -0.39 is 6.10 Å². The molecule has 1 aromatic heterocycles. The van der Waals surface area contributed by atoms with Crippen LogP contribution in [-0.2, 0) is 6.42 Å². The van der Waals surface area contributed by atoms with Crippen LogP contribution in [-0.4, -0.2) is 38.9 Å². The van der Waals surface area contributed by atoms with Crippen molar-refractivity contribution in [3.05, 3.63) is 23.8 Å². The van der Waals surface area contributed by atoms with Crippen LogP contribution < -0.4 is 5.73 Å². The molecule has 19 heavy (non-hydrogen) atoms. The van der Waals surface area contributed by atoms with Crippen LogP contribution in [0.3, 0.4) is 0 Å². The Balaban J connectivity index is 2.13. The van der Waals surface area contributed by atoms with Crippen LogP contribution in [0.5, 0.6) is 0 Å². The number of nitrogens with two attached hydrogens (primary N) is 1. The van der Waals surface area contributed by atoms with Crippen LogP contribution in [0.4, 0.5) is 0 Å². The monoisotopic (exact) mass is 265 g/mol. The van der Waals surface area contributed by atoms with Gasteiger partial charge in [0.1, 0.15) is 5.82 Å². The number of hydrogen-bond acceptors (Lipinski definition) is 5. The topological polar surface area (TPSA) is 92.3 Å². The molecule has 106 valence electrons. The summed E-state index contributed by atoms with van der Waals surface area (Å²) < 4.78 is 0. The molecule has 1 fully saturated rings. The van der Waals surface area contributed by atoms with Crippen molar-refractivity contribution in [2.75, 3.05) is 6.61 Å². The molecule has 1 saturated carbocycles. The van der Waals surface area contributed by atoms with Gasteiger partial charge in [0.2, 0.25) is 0 Å². The van der Waals surface area contributed by atoms with Gasteiger partial charge in [0.25, 0.3) is 0 Å². The summed E-state index contributed by atoms with van der Waals surface area (Å²) >= 11 is 0. The Kier molecular flexibility index (Phi) is 4.50. The van der Waals surface area contributed by atoms with Gasteiger partial charge in [-0.05, 0) is 24.8 Å². The largest absolute Gasteiger partial charge is 0.396 e. The lowest BCUT2D eigenvalue weighted by atomic mass is 9.89. The summed E-state index contributed by atoms with van der Waals surface area (Å²) in [6.45, 7) is 4.09. The van der Waals surface area contributed by atoms with Gasteiger partial charge in [-0.1, -0.05) is 13.8 Å². The molecule has 0 amide bonds. The lowest BCUT2D eigenvalue weighted by Gasteiger charge is -2.22. The number of aliphatic hydroxyl groups excluding tert-OH is 2. The summed E-state index contributed by atoms with van der Waals surface area (Å²) in [5, 5.41) is 19.3. The third-order valence-electron chi connectivity index (χ3n) is 4.01. The zero-order valence-corrected chi connectivity index (χ0v) is 11.5. The minimum Gasteiger partial charge on any atom is -0.396 e. The third kappa shape index (κ3) is 3.11. The first-order valence-corrected chi connectivity index (χ1v) is 6.89. The van der Waals surface area contributed by atoms with Crippen LogP contribution in [0, 0.1) is 11.8 Å². The highest BCUT2D eigenvalue weighted by Gasteiger charge is 2.40. The maximum atomic E-state index is 9.88. The second-order valence-electron chi connectivity index (χ2n) is 5.74. The predicted octanol–water partition coefficient (Wildman–Crippen LogP) is 0.459. The van der Waals surface area contributed by atoms with Gasteiger partial charge in [0.15, 0.2) is 0 Å². The van der Waals surface area contributed by atoms with Crippen LogP contribution in [0.15, 0.2) is 12.3 Å². The molecule has 0 radical (unpaired) electrons. The van der Waals surface area contributed by atoms with E-state index in [1.54, 1.807) is 6.20 Å². The highest BCUT2D eigenvalue weighted by molar-refractivity contribution is 5.08. The molecule has 5 heteroatoms. The lowest BCUT2D eigenvalue weighted by molar-refractivity contribution is 0.0718. The zero-order chi connectivity index (χ0) is 14.0. The summed E-state index contributed by atoms with van der Waals surface area (Å²) in [5.74, 6) is 1.05. The number of rotatable bonds is 4. The maximum Gasteiger partial charge on any atom is 0.131 e. The average molecular weight is 265 g/mol. The predicted molar refractivity (Wildman–Crippen MR) is 72.5 cm³/mol. The van der Waals surface area contributed by atoms with Crippen molar-refractivity contribution < 1.29 is 10.2 Å². The molecule has 4 atom stereocenters. The van der Waals surface area contributed by atoms with Gasteiger partial charge >= 0.3 is 0 Å². The smallest absolute Gasteiger partial charge is 0.131 e. The van der Waals surface area contributed by atoms with Gasteiger partial charge in [-0.25, -0.2) is 9.97 Å². The minimum absolute atomic E-state index is 0.0261. The molecule has 2 rings (SSSR count). The van der Waals surface area contributed by atoms with E-state index in [0.29, 0.717) is 12.8 Å². The molecule has 5 nitrogen and oxygen atoms in total. The van der Waals surface area contributed by atoms with E-state index in [1.807, 2.05) is 6.07 Å². The first kappa shape index (κ1) is 14.4. The number of aromatic nitrogens is 2. The molecule has 0 saturated heterocycles. The lowest BCUT2D eigenvalue weighted by Crippen LogP contribution is -2.31. The molecule has 0 bridgehead atoms. The molecule has 1 aliphatic carbocycles. The van der Waals surface area contributed by atoms with E-state index in [1.165, 1.54) is 0 Å². The summed E-state index contributed by atoms with van der Waals surface area (Å²) in [6.07, 6.45) is 2.50. The second kappa shape index (κ2) is 5.94. The molecule has 0 aliphatic heterocycles. The Hall–Kier alpha value is -1.04. The van der Waals surface area contributed by atoms with Crippen LogP contribution >= 0.6 is 0 Å². The maximum absolute atomic E-state index is 9.88. The van der Waals surface area contributed by atoms with Crippen molar-refractivity contribution in [1.82, 2.24) is 9.97 Å². The van der Waals surface area contributed by atoms with Crippen molar-refractivity contribution in [2.45, 2.75) is 44.8 Å². The molecule has 1 heterocycles. The Morgan fingerprint density at radius 2 is 2.16 bits per heavy atom. The summed E-state index contributed by atoms with van der Waals surface area (Å²) in [5.41, 5.74) is 7.00. The quantitative estimate of drug-likeness (QED) is 0.735. The van der Waals surface area contributed by atoms with E-state index in [-0.39, 0.29) is 30.4 Å². The number of aliphatic hydroxyl groups is 2. The molecule has 4 N–H and O–H groups in total. The number of hydrogen-bond donors (Lipinski definition) is 3. The Morgan fingerprint density at radius 1 is 1.42 bits per heavy atom. The molecular formula is C14H23N3O2. The zero-order valence-electron chi connectivity index (χ0n) is 11.5. The van der Waals surface area contributed by atoms with Crippen LogP contribution in [0.25, 0.3) is 0 Å². The van der Waals surface area contributed by atoms with E-state index in [9.17, 15) is 10.2 Å². The SMILES string of the molecule is CC(C)c1nccc(CC2C(N)CC(O)C2CO)n1. The van der Waals surface area contributed by atoms with Crippen molar-refractivity contribution in [3.63, 3.8) is 0 Å². The highest BCUT2D eigenvalue weighted by Crippen LogP contribution is 2.33. The minimum atomic E-state index is -0.503. The van der Waals surface area contributed by atoms with Crippen LogP contribution in [0.2, 0.25) is 0 Å². The molecule has 0 spiro atoms. The van der Waals surface area contributed by atoms with Gasteiger partial charge < -0.3 is 15.9 Å². The molecule has 1 aliphatic rings.